The lowest BCUT2D eigenvalue weighted by molar-refractivity contribution is 0.264. The normalized spacial score (nSPS) is 18.7. The first-order valence-electron chi connectivity index (χ1n) is 5.72. The largest absolute Gasteiger partial charge is 0.381 e. The second-order valence-corrected chi connectivity index (χ2v) is 4.91. The van der Waals surface area contributed by atoms with Gasteiger partial charge in [-0.15, -0.1) is 0 Å². The van der Waals surface area contributed by atoms with Gasteiger partial charge in [-0.1, -0.05) is 11.6 Å². The number of halogens is 1. The van der Waals surface area contributed by atoms with E-state index in [1.165, 1.54) is 12.8 Å². The number of rotatable bonds is 2. The maximum Gasteiger partial charge on any atom is 0.132 e. The molecule has 3 nitrogen and oxygen atoms in total. The van der Waals surface area contributed by atoms with Crippen molar-refractivity contribution < 1.29 is 0 Å². The number of hydrogen-bond acceptors (Lipinski definition) is 3. The molecule has 0 unspecified atom stereocenters. The van der Waals surface area contributed by atoms with Crippen molar-refractivity contribution in [1.29, 1.82) is 0 Å². The minimum atomic E-state index is 0.568. The summed E-state index contributed by atoms with van der Waals surface area (Å²) in [5.74, 6) is 0. The van der Waals surface area contributed by atoms with Crippen molar-refractivity contribution in [3.63, 3.8) is 0 Å². The summed E-state index contributed by atoms with van der Waals surface area (Å²) in [5.41, 5.74) is 2.11. The van der Waals surface area contributed by atoms with Gasteiger partial charge in [0.2, 0.25) is 0 Å². The first-order chi connectivity index (χ1) is 7.65. The fraction of sp³-hybridized carbons (Fsp3) is 0.583. The summed E-state index contributed by atoms with van der Waals surface area (Å²) in [6, 6.07) is 2.63. The zero-order valence-corrected chi connectivity index (χ0v) is 10.6. The van der Waals surface area contributed by atoms with Gasteiger partial charge in [0.05, 0.1) is 11.9 Å². The zero-order chi connectivity index (χ0) is 11.5. The molecular formula is C12H18ClN3. The van der Waals surface area contributed by atoms with E-state index in [9.17, 15) is 0 Å². The molecule has 0 aliphatic carbocycles. The van der Waals surface area contributed by atoms with Crippen LogP contribution in [0.1, 0.15) is 18.4 Å². The number of nitrogens with zero attached hydrogens (tertiary/aromatic N) is 2. The van der Waals surface area contributed by atoms with Gasteiger partial charge in [-0.05, 0) is 51.5 Å². The highest BCUT2D eigenvalue weighted by atomic mass is 35.5. The van der Waals surface area contributed by atoms with Crippen LogP contribution >= 0.6 is 11.6 Å². The Labute approximate surface area is 102 Å². The van der Waals surface area contributed by atoms with Gasteiger partial charge in [-0.25, -0.2) is 4.98 Å². The second-order valence-electron chi connectivity index (χ2n) is 4.55. The maximum atomic E-state index is 5.90. The lowest BCUT2D eigenvalue weighted by atomic mass is 10.1. The fourth-order valence-corrected chi connectivity index (χ4v) is 2.13. The molecule has 88 valence electrons. The number of nitrogens with one attached hydrogen (secondary N) is 1. The molecular weight excluding hydrogens is 222 g/mol. The first kappa shape index (κ1) is 11.7. The average Bonchev–Trinajstić information content (AvgIpc) is 2.27. The third-order valence-electron chi connectivity index (χ3n) is 3.10. The molecule has 1 N–H and O–H groups in total. The summed E-state index contributed by atoms with van der Waals surface area (Å²) in [6.45, 7) is 4.31. The number of anilines is 1. The van der Waals surface area contributed by atoms with Crippen molar-refractivity contribution in [1.82, 2.24) is 9.88 Å². The van der Waals surface area contributed by atoms with E-state index in [1.54, 1.807) is 0 Å². The molecule has 16 heavy (non-hydrogen) atoms. The number of pyridine rings is 1. The van der Waals surface area contributed by atoms with Crippen molar-refractivity contribution in [2.24, 2.45) is 0 Å². The Morgan fingerprint density at radius 2 is 2.12 bits per heavy atom. The Bertz CT molecular complexity index is 359. The topological polar surface area (TPSA) is 28.2 Å². The van der Waals surface area contributed by atoms with E-state index in [0.29, 0.717) is 11.2 Å². The maximum absolute atomic E-state index is 5.90. The molecule has 0 atom stereocenters. The van der Waals surface area contributed by atoms with Crippen LogP contribution < -0.4 is 5.32 Å². The van der Waals surface area contributed by atoms with E-state index in [4.69, 9.17) is 11.6 Å². The van der Waals surface area contributed by atoms with Crippen LogP contribution in [0, 0.1) is 6.92 Å². The molecule has 1 fully saturated rings. The van der Waals surface area contributed by atoms with Crippen LogP contribution in [0.3, 0.4) is 0 Å². The Kier molecular flexibility index (Phi) is 3.66. The summed E-state index contributed by atoms with van der Waals surface area (Å²) in [5, 5.41) is 4.11. The monoisotopic (exact) mass is 239 g/mol. The number of hydrogen-bond donors (Lipinski definition) is 1. The SMILES string of the molecule is Cc1cc(NC2CCN(C)CC2)cnc1Cl. The smallest absolute Gasteiger partial charge is 0.132 e. The zero-order valence-electron chi connectivity index (χ0n) is 9.83. The van der Waals surface area contributed by atoms with Gasteiger partial charge in [0.25, 0.3) is 0 Å². The van der Waals surface area contributed by atoms with Crippen molar-refractivity contribution in [2.75, 3.05) is 25.5 Å². The highest BCUT2D eigenvalue weighted by Crippen LogP contribution is 2.19. The van der Waals surface area contributed by atoms with E-state index in [1.807, 2.05) is 13.1 Å². The molecule has 4 heteroatoms. The van der Waals surface area contributed by atoms with E-state index >= 15 is 0 Å². The summed E-state index contributed by atoms with van der Waals surface area (Å²) in [6.07, 6.45) is 4.20. The lowest BCUT2D eigenvalue weighted by Crippen LogP contribution is -2.36. The molecule has 1 aliphatic heterocycles. The van der Waals surface area contributed by atoms with E-state index < -0.39 is 0 Å². The molecule has 1 aromatic heterocycles. The number of aryl methyl sites for hydroxylation is 1. The Hall–Kier alpha value is -0.800. The summed E-state index contributed by atoms with van der Waals surface area (Å²) in [7, 11) is 2.17. The third kappa shape index (κ3) is 2.86. The van der Waals surface area contributed by atoms with Crippen LogP contribution in [0.4, 0.5) is 5.69 Å². The minimum Gasteiger partial charge on any atom is -0.381 e. The van der Waals surface area contributed by atoms with Crippen molar-refractivity contribution >= 4 is 17.3 Å². The van der Waals surface area contributed by atoms with Gasteiger partial charge in [0.15, 0.2) is 0 Å². The molecule has 1 saturated heterocycles. The lowest BCUT2D eigenvalue weighted by Gasteiger charge is -2.30. The van der Waals surface area contributed by atoms with Crippen LogP contribution in [-0.4, -0.2) is 36.1 Å². The highest BCUT2D eigenvalue weighted by Gasteiger charge is 2.16. The van der Waals surface area contributed by atoms with Gasteiger partial charge in [0, 0.05) is 6.04 Å². The Morgan fingerprint density at radius 1 is 1.44 bits per heavy atom. The van der Waals surface area contributed by atoms with Crippen LogP contribution in [0.2, 0.25) is 5.15 Å². The second kappa shape index (κ2) is 5.02. The molecule has 1 aliphatic rings. The summed E-state index contributed by atoms with van der Waals surface area (Å²) >= 11 is 5.90. The van der Waals surface area contributed by atoms with Crippen LogP contribution in [0.25, 0.3) is 0 Å². The van der Waals surface area contributed by atoms with Gasteiger partial charge in [-0.3, -0.25) is 0 Å². The van der Waals surface area contributed by atoms with Gasteiger partial charge in [-0.2, -0.15) is 0 Å². The number of likely N-dealkylation sites (tertiary alicyclic amines) is 1. The van der Waals surface area contributed by atoms with E-state index in [0.717, 1.165) is 24.3 Å². The molecule has 0 aromatic carbocycles. The van der Waals surface area contributed by atoms with Crippen LogP contribution in [0.15, 0.2) is 12.3 Å². The molecule has 2 heterocycles. The molecule has 0 spiro atoms. The van der Waals surface area contributed by atoms with Crippen molar-refractivity contribution in [3.8, 4) is 0 Å². The third-order valence-corrected chi connectivity index (χ3v) is 3.50. The highest BCUT2D eigenvalue weighted by molar-refractivity contribution is 6.30. The van der Waals surface area contributed by atoms with E-state index in [-0.39, 0.29) is 0 Å². The summed E-state index contributed by atoms with van der Waals surface area (Å²) < 4.78 is 0. The number of piperidine rings is 1. The Morgan fingerprint density at radius 3 is 2.75 bits per heavy atom. The molecule has 2 rings (SSSR count). The van der Waals surface area contributed by atoms with Crippen molar-refractivity contribution in [3.05, 3.63) is 23.0 Å². The van der Waals surface area contributed by atoms with Crippen LogP contribution in [0.5, 0.6) is 0 Å². The molecule has 1 aromatic rings. The van der Waals surface area contributed by atoms with Crippen molar-refractivity contribution in [2.45, 2.75) is 25.8 Å². The molecule has 0 amide bonds. The molecule has 0 saturated carbocycles. The molecule has 0 radical (unpaired) electrons. The van der Waals surface area contributed by atoms with Gasteiger partial charge >= 0.3 is 0 Å². The average molecular weight is 240 g/mol. The predicted molar refractivity (Wildman–Crippen MR) is 68.1 cm³/mol. The predicted octanol–water partition coefficient (Wildman–Crippen LogP) is 2.55. The number of aromatic nitrogens is 1. The summed E-state index contributed by atoms with van der Waals surface area (Å²) in [4.78, 5) is 6.52. The van der Waals surface area contributed by atoms with Gasteiger partial charge in [0.1, 0.15) is 5.15 Å². The quantitative estimate of drug-likeness (QED) is 0.804. The van der Waals surface area contributed by atoms with E-state index in [2.05, 4.69) is 28.3 Å². The fourth-order valence-electron chi connectivity index (χ4n) is 2.03. The Balaban J connectivity index is 1.96. The standard InChI is InChI=1S/C12H18ClN3/c1-9-7-11(8-14-12(9)13)15-10-3-5-16(2)6-4-10/h7-8,10,15H,3-6H2,1-2H3. The van der Waals surface area contributed by atoms with Crippen LogP contribution in [-0.2, 0) is 0 Å². The molecule has 0 bridgehead atoms. The van der Waals surface area contributed by atoms with Gasteiger partial charge < -0.3 is 10.2 Å². The first-order valence-corrected chi connectivity index (χ1v) is 6.10. The minimum absolute atomic E-state index is 0.568.